The summed E-state index contributed by atoms with van der Waals surface area (Å²) in [5.74, 6) is 1.06. The maximum absolute atomic E-state index is 13.0. The summed E-state index contributed by atoms with van der Waals surface area (Å²) in [4.78, 5) is 22.5. The number of carbonyl (C=O) groups excluding carboxylic acids is 1. The third-order valence-electron chi connectivity index (χ3n) is 7.58. The summed E-state index contributed by atoms with van der Waals surface area (Å²) in [6.07, 6.45) is 7.85. The van der Waals surface area contributed by atoms with E-state index in [4.69, 9.17) is 4.99 Å². The number of hydrogen-bond donors (Lipinski definition) is 0. The van der Waals surface area contributed by atoms with Crippen molar-refractivity contribution >= 4 is 9.25 Å². The second-order valence-corrected chi connectivity index (χ2v) is 12.2. The molecule has 1 fully saturated rings. The summed E-state index contributed by atoms with van der Waals surface area (Å²) in [6.45, 7) is 5.98. The van der Waals surface area contributed by atoms with Crippen LogP contribution in [0.1, 0.15) is 62.1 Å². The van der Waals surface area contributed by atoms with Gasteiger partial charge in [-0.25, -0.2) is 0 Å². The van der Waals surface area contributed by atoms with E-state index >= 15 is 0 Å². The molecule has 0 radical (unpaired) electrons. The van der Waals surface area contributed by atoms with Crippen LogP contribution in [0.4, 0.5) is 0 Å². The predicted molar refractivity (Wildman–Crippen MR) is 133 cm³/mol. The molecule has 1 amide bonds. The van der Waals surface area contributed by atoms with Gasteiger partial charge < -0.3 is 0 Å². The monoisotopic (exact) mass is 640 g/mol. The van der Waals surface area contributed by atoms with Gasteiger partial charge in [-0.05, 0) is 0 Å². The summed E-state index contributed by atoms with van der Waals surface area (Å²) in [6, 6.07) is 21.4. The van der Waals surface area contributed by atoms with Crippen molar-refractivity contribution in [3.63, 3.8) is 0 Å². The number of carbonyl (C=O) groups is 1. The molecular weight excluding hydrogens is 607 g/mol. The van der Waals surface area contributed by atoms with Gasteiger partial charge in [-0.3, -0.25) is 0 Å². The molecule has 5 rings (SSSR count). The van der Waals surface area contributed by atoms with Crippen LogP contribution in [0.2, 0.25) is 0 Å². The van der Waals surface area contributed by atoms with E-state index in [2.05, 4.69) is 72.1 Å². The Morgan fingerprint density at radius 2 is 1.65 bits per heavy atom. The summed E-state index contributed by atoms with van der Waals surface area (Å²) in [5.41, 5.74) is 5.84. The zero-order valence-electron chi connectivity index (χ0n) is 20.0. The molecule has 3 aliphatic rings. The Bertz CT molecular complexity index is 1060. The number of benzene rings is 2. The van der Waals surface area contributed by atoms with Crippen LogP contribution in [-0.4, -0.2) is 32.1 Å². The molecule has 2 heterocycles. The van der Waals surface area contributed by atoms with Crippen molar-refractivity contribution < 1.29 is 30.9 Å². The Balaban J connectivity index is 1.36. The van der Waals surface area contributed by atoms with Gasteiger partial charge in [-0.1, -0.05) is 0 Å². The number of amidine groups is 1. The van der Waals surface area contributed by atoms with Crippen LogP contribution in [0.25, 0.3) is 0 Å². The fourth-order valence-corrected chi connectivity index (χ4v) is 7.93. The Labute approximate surface area is 219 Å². The van der Waals surface area contributed by atoms with E-state index in [1.807, 2.05) is 4.90 Å². The number of aliphatic imine (C=N–C) groups is 1. The molecule has 1 aliphatic carbocycles. The zero-order valence-corrected chi connectivity index (χ0v) is 25.5. The molecule has 2 aromatic carbocycles. The maximum atomic E-state index is 13.0. The van der Waals surface area contributed by atoms with Crippen LogP contribution in [0, 0.1) is 5.92 Å². The van der Waals surface area contributed by atoms with Crippen LogP contribution in [0.5, 0.6) is 0 Å². The van der Waals surface area contributed by atoms with Crippen molar-refractivity contribution in [2.45, 2.75) is 51.0 Å². The molecule has 171 valence electrons. The molecule has 1 saturated carbocycles. The normalized spacial score (nSPS) is 19.0. The molecule has 4 nitrogen and oxygen atoms in total. The van der Waals surface area contributed by atoms with Crippen LogP contribution in [0.3, 0.4) is 0 Å². The fourth-order valence-electron chi connectivity index (χ4n) is 5.73. The van der Waals surface area contributed by atoms with Crippen LogP contribution in [-0.2, 0) is 30.9 Å². The number of allylic oxidation sites excluding steroid dienone is 1. The van der Waals surface area contributed by atoms with E-state index < -0.39 is 0 Å². The minimum atomic E-state index is 0.0614. The first kappa shape index (κ1) is 23.5. The van der Waals surface area contributed by atoms with Crippen molar-refractivity contribution in [1.82, 2.24) is 9.80 Å². The van der Waals surface area contributed by atoms with E-state index in [0.717, 1.165) is 40.0 Å². The first-order chi connectivity index (χ1) is 16.6. The summed E-state index contributed by atoms with van der Waals surface area (Å²) in [5, 5.41) is 0. The molecule has 0 bridgehead atoms. The topological polar surface area (TPSA) is 35.9 Å². The SMILES string of the molecule is C=C1C2=C(CN(C(=O)CCC3CCCC3)CC2)N=[C]([Hg])N1C(c1ccccc1)c1ccccc1. The second-order valence-electron chi connectivity index (χ2n) is 9.75. The van der Waals surface area contributed by atoms with Gasteiger partial charge in [-0.2, -0.15) is 0 Å². The van der Waals surface area contributed by atoms with E-state index in [-0.39, 0.29) is 6.04 Å². The fraction of sp³-hybridized carbons (Fsp3) is 0.379. The standard InChI is InChI=1S/C29H32N3O.Hg/c1-22-26-18-19-31(28(33)17-16-23-10-8-9-11-23)20-27(26)30-21-32(22)29(24-12-4-2-5-13-24)25-14-6-3-7-15-25;/h2-7,12-15,23,29H,1,8-11,16-20H2;. The average molecular weight is 639 g/mol. The third kappa shape index (κ3) is 4.93. The molecule has 0 atom stereocenters. The molecule has 34 heavy (non-hydrogen) atoms. The molecule has 0 unspecified atom stereocenters. The summed E-state index contributed by atoms with van der Waals surface area (Å²) in [7, 11) is 0. The summed E-state index contributed by atoms with van der Waals surface area (Å²) < 4.78 is 1.13. The molecule has 2 aliphatic heterocycles. The van der Waals surface area contributed by atoms with Gasteiger partial charge in [-0.15, -0.1) is 0 Å². The van der Waals surface area contributed by atoms with Gasteiger partial charge in [0.2, 0.25) is 0 Å². The van der Waals surface area contributed by atoms with Crippen molar-refractivity contribution in [1.29, 1.82) is 0 Å². The Hall–Kier alpha value is -2.20. The van der Waals surface area contributed by atoms with Gasteiger partial charge in [0.1, 0.15) is 0 Å². The van der Waals surface area contributed by atoms with Crippen LogP contribution >= 0.6 is 0 Å². The van der Waals surface area contributed by atoms with E-state index in [9.17, 15) is 4.79 Å². The van der Waals surface area contributed by atoms with Crippen molar-refractivity contribution in [2.75, 3.05) is 13.1 Å². The quantitative estimate of drug-likeness (QED) is 0.366. The van der Waals surface area contributed by atoms with E-state index in [1.54, 1.807) is 0 Å². The van der Waals surface area contributed by atoms with Gasteiger partial charge in [0.25, 0.3) is 0 Å². The molecule has 0 spiro atoms. The first-order valence-corrected chi connectivity index (χ1v) is 15.4. The Morgan fingerprint density at radius 1 is 1.03 bits per heavy atom. The van der Waals surface area contributed by atoms with Crippen LogP contribution < -0.4 is 0 Å². The van der Waals surface area contributed by atoms with Crippen LogP contribution in [0.15, 0.2) is 89.2 Å². The van der Waals surface area contributed by atoms with Gasteiger partial charge >= 0.3 is 220 Å². The van der Waals surface area contributed by atoms with Gasteiger partial charge in [0.15, 0.2) is 0 Å². The number of hydrogen-bond acceptors (Lipinski definition) is 3. The van der Waals surface area contributed by atoms with E-state index in [0.29, 0.717) is 45.0 Å². The Kier molecular flexibility index (Phi) is 7.33. The third-order valence-corrected chi connectivity index (χ3v) is 9.52. The average Bonchev–Trinajstić information content (AvgIpc) is 3.39. The van der Waals surface area contributed by atoms with Crippen molar-refractivity contribution in [3.8, 4) is 0 Å². The Morgan fingerprint density at radius 3 is 2.26 bits per heavy atom. The molecule has 5 heteroatoms. The van der Waals surface area contributed by atoms with E-state index in [1.165, 1.54) is 42.4 Å². The molecule has 0 aromatic heterocycles. The number of nitrogens with zero attached hydrogens (tertiary/aromatic N) is 3. The molecule has 0 saturated heterocycles. The number of amides is 1. The summed E-state index contributed by atoms with van der Waals surface area (Å²) >= 11 is 0.303. The van der Waals surface area contributed by atoms with Crippen molar-refractivity contribution in [3.05, 3.63) is 95.3 Å². The molecular formula is C29H32HgN3O. The molecule has 2 aromatic rings. The molecule has 0 N–H and O–H groups in total. The van der Waals surface area contributed by atoms with Crippen molar-refractivity contribution in [2.24, 2.45) is 10.9 Å². The predicted octanol–water partition coefficient (Wildman–Crippen LogP) is 5.96. The zero-order chi connectivity index (χ0) is 23.5. The van der Waals surface area contributed by atoms with Gasteiger partial charge in [0.05, 0.1) is 0 Å². The first-order valence-electron chi connectivity index (χ1n) is 12.6. The minimum absolute atomic E-state index is 0.0614. The van der Waals surface area contributed by atoms with Gasteiger partial charge in [0, 0.05) is 0 Å². The number of rotatable bonds is 6. The second kappa shape index (κ2) is 10.6.